The van der Waals surface area contributed by atoms with Crippen LogP contribution in [0.25, 0.3) is 11.0 Å². The van der Waals surface area contributed by atoms with E-state index in [1.165, 1.54) is 0 Å². The van der Waals surface area contributed by atoms with Crippen LogP contribution in [0.3, 0.4) is 0 Å². The van der Waals surface area contributed by atoms with E-state index in [2.05, 4.69) is 15.3 Å². The van der Waals surface area contributed by atoms with Crippen molar-refractivity contribution in [3.05, 3.63) is 54.1 Å². The van der Waals surface area contributed by atoms with Gasteiger partial charge in [0, 0.05) is 0 Å². The van der Waals surface area contributed by atoms with Crippen LogP contribution in [-0.2, 0) is 4.79 Å². The van der Waals surface area contributed by atoms with E-state index in [9.17, 15) is 4.79 Å². The number of carboxylic acids is 1. The van der Waals surface area contributed by atoms with Crippen LogP contribution in [0.1, 0.15) is 18.2 Å². The SMILES string of the molecule is NC1=N[C@H](c2ccc(OCCC(=O)O)cc2)n2c(nc3ccccc32)N1. The summed E-state index contributed by atoms with van der Waals surface area (Å²) in [5, 5.41) is 11.7. The quantitative estimate of drug-likeness (QED) is 0.649. The maximum absolute atomic E-state index is 10.6. The Bertz CT molecular complexity index is 994. The molecule has 0 amide bonds. The molecule has 1 aliphatic rings. The molecule has 4 rings (SSSR count). The number of nitrogens with zero attached hydrogens (tertiary/aromatic N) is 3. The molecule has 1 atom stereocenters. The number of aliphatic carboxylic acids is 1. The summed E-state index contributed by atoms with van der Waals surface area (Å²) in [6, 6.07) is 15.2. The second-order valence-corrected chi connectivity index (χ2v) is 5.87. The van der Waals surface area contributed by atoms with E-state index in [0.29, 0.717) is 17.7 Å². The van der Waals surface area contributed by atoms with Crippen molar-refractivity contribution in [2.75, 3.05) is 11.9 Å². The Morgan fingerprint density at radius 1 is 1.23 bits per heavy atom. The molecule has 0 saturated heterocycles. The smallest absolute Gasteiger partial charge is 0.306 e. The van der Waals surface area contributed by atoms with Crippen molar-refractivity contribution in [1.82, 2.24) is 9.55 Å². The lowest BCUT2D eigenvalue weighted by Crippen LogP contribution is -2.31. The normalized spacial score (nSPS) is 15.8. The van der Waals surface area contributed by atoms with Gasteiger partial charge in [-0.25, -0.2) is 9.98 Å². The lowest BCUT2D eigenvalue weighted by atomic mass is 10.1. The number of aromatic nitrogens is 2. The number of nitrogens with two attached hydrogens (primary N) is 1. The number of guanidine groups is 1. The van der Waals surface area contributed by atoms with Gasteiger partial charge in [-0.2, -0.15) is 0 Å². The Kier molecular flexibility index (Phi) is 3.92. The van der Waals surface area contributed by atoms with Crippen LogP contribution in [0, 0.1) is 0 Å². The number of anilines is 1. The van der Waals surface area contributed by atoms with Crippen LogP contribution in [0.4, 0.5) is 5.95 Å². The van der Waals surface area contributed by atoms with Crippen molar-refractivity contribution in [2.24, 2.45) is 10.7 Å². The van der Waals surface area contributed by atoms with Gasteiger partial charge >= 0.3 is 5.97 Å². The molecule has 1 aliphatic heterocycles. The van der Waals surface area contributed by atoms with Gasteiger partial charge in [-0.1, -0.05) is 24.3 Å². The number of imidazole rings is 1. The molecule has 8 heteroatoms. The molecular formula is C18H17N5O3. The van der Waals surface area contributed by atoms with Gasteiger partial charge in [-0.3, -0.25) is 14.7 Å². The Morgan fingerprint density at radius 2 is 2.00 bits per heavy atom. The van der Waals surface area contributed by atoms with E-state index in [-0.39, 0.29) is 19.2 Å². The summed E-state index contributed by atoms with van der Waals surface area (Å²) in [6.45, 7) is 0.128. The highest BCUT2D eigenvalue weighted by Crippen LogP contribution is 2.32. The molecule has 8 nitrogen and oxygen atoms in total. The molecule has 0 fully saturated rings. The highest BCUT2D eigenvalue weighted by Gasteiger charge is 2.24. The number of hydrogen-bond donors (Lipinski definition) is 3. The predicted octanol–water partition coefficient (Wildman–Crippen LogP) is 2.18. The van der Waals surface area contributed by atoms with Crippen LogP contribution >= 0.6 is 0 Å². The first-order valence-electron chi connectivity index (χ1n) is 8.13. The zero-order chi connectivity index (χ0) is 18.1. The Hall–Kier alpha value is -3.55. The molecule has 2 heterocycles. The van der Waals surface area contributed by atoms with E-state index in [1.54, 1.807) is 12.1 Å². The monoisotopic (exact) mass is 351 g/mol. The summed E-state index contributed by atoms with van der Waals surface area (Å²) in [4.78, 5) is 19.6. The van der Waals surface area contributed by atoms with Gasteiger partial charge in [0.05, 0.1) is 24.1 Å². The summed E-state index contributed by atoms with van der Waals surface area (Å²) >= 11 is 0. The third-order valence-corrected chi connectivity index (χ3v) is 4.10. The number of carbonyl (C=O) groups is 1. The van der Waals surface area contributed by atoms with Crippen molar-refractivity contribution in [1.29, 1.82) is 0 Å². The van der Waals surface area contributed by atoms with Crippen molar-refractivity contribution < 1.29 is 14.6 Å². The third kappa shape index (κ3) is 2.92. The Labute approximate surface area is 148 Å². The zero-order valence-electron chi connectivity index (χ0n) is 13.8. The zero-order valence-corrected chi connectivity index (χ0v) is 13.8. The van der Waals surface area contributed by atoms with Crippen LogP contribution in [0.2, 0.25) is 0 Å². The van der Waals surface area contributed by atoms with Gasteiger partial charge < -0.3 is 15.6 Å². The van der Waals surface area contributed by atoms with E-state index in [1.807, 2.05) is 41.0 Å². The molecule has 3 aromatic rings. The van der Waals surface area contributed by atoms with Crippen molar-refractivity contribution in [3.8, 4) is 5.75 Å². The van der Waals surface area contributed by atoms with E-state index in [4.69, 9.17) is 15.6 Å². The standard InChI is InChI=1S/C18H17N5O3/c19-17-21-16(11-5-7-12(8-6-11)26-10-9-15(24)25)23-14-4-2-1-3-13(14)20-18(23)22-17/h1-8,16H,9-10H2,(H,24,25)(H3,19,20,21,22)/t16-/m0/s1. The van der Waals surface area contributed by atoms with Gasteiger partial charge in [0.1, 0.15) is 5.75 Å². The molecule has 2 aromatic carbocycles. The summed E-state index contributed by atoms with van der Waals surface area (Å²) in [5.74, 6) is 0.669. The van der Waals surface area contributed by atoms with Crippen molar-refractivity contribution in [3.63, 3.8) is 0 Å². The number of rotatable bonds is 5. The first kappa shape index (κ1) is 15.9. The lowest BCUT2D eigenvalue weighted by Gasteiger charge is -2.24. The van der Waals surface area contributed by atoms with Crippen LogP contribution in [-0.4, -0.2) is 33.2 Å². The molecular weight excluding hydrogens is 334 g/mol. The van der Waals surface area contributed by atoms with Gasteiger partial charge in [0.25, 0.3) is 0 Å². The molecule has 4 N–H and O–H groups in total. The van der Waals surface area contributed by atoms with Crippen molar-refractivity contribution in [2.45, 2.75) is 12.6 Å². The molecule has 0 spiro atoms. The summed E-state index contributed by atoms with van der Waals surface area (Å²) in [6.07, 6.45) is -0.381. The molecule has 0 unspecified atom stereocenters. The maximum Gasteiger partial charge on any atom is 0.306 e. The lowest BCUT2D eigenvalue weighted by molar-refractivity contribution is -0.137. The number of para-hydroxylation sites is 2. The maximum atomic E-state index is 10.6. The van der Waals surface area contributed by atoms with Gasteiger partial charge in [-0.05, 0) is 29.8 Å². The average molecular weight is 351 g/mol. The summed E-state index contributed by atoms with van der Waals surface area (Å²) in [5.41, 5.74) is 8.67. The summed E-state index contributed by atoms with van der Waals surface area (Å²) in [7, 11) is 0. The fourth-order valence-electron chi connectivity index (χ4n) is 2.93. The first-order valence-corrected chi connectivity index (χ1v) is 8.13. The molecule has 0 saturated carbocycles. The molecule has 1 aromatic heterocycles. The number of benzene rings is 2. The number of nitrogens with one attached hydrogen (secondary N) is 1. The third-order valence-electron chi connectivity index (χ3n) is 4.10. The van der Waals surface area contributed by atoms with Gasteiger partial charge in [-0.15, -0.1) is 0 Å². The second kappa shape index (κ2) is 6.40. The highest BCUT2D eigenvalue weighted by atomic mass is 16.5. The minimum absolute atomic E-state index is 0.0404. The van der Waals surface area contributed by atoms with Gasteiger partial charge in [0.15, 0.2) is 12.1 Å². The van der Waals surface area contributed by atoms with Crippen LogP contribution in [0.5, 0.6) is 5.75 Å². The second-order valence-electron chi connectivity index (χ2n) is 5.87. The highest BCUT2D eigenvalue weighted by molar-refractivity contribution is 5.94. The number of carboxylic acid groups (broad SMARTS) is 1. The number of fused-ring (bicyclic) bond motifs is 3. The van der Waals surface area contributed by atoms with Crippen LogP contribution < -0.4 is 15.8 Å². The molecule has 132 valence electrons. The van der Waals surface area contributed by atoms with E-state index in [0.717, 1.165) is 16.6 Å². The number of ether oxygens (including phenoxy) is 1. The summed E-state index contributed by atoms with van der Waals surface area (Å²) < 4.78 is 7.42. The van der Waals surface area contributed by atoms with E-state index >= 15 is 0 Å². The van der Waals surface area contributed by atoms with Gasteiger partial charge in [0.2, 0.25) is 5.95 Å². The average Bonchev–Trinajstić information content (AvgIpc) is 2.99. The molecule has 0 radical (unpaired) electrons. The first-order chi connectivity index (χ1) is 12.6. The number of aliphatic imine (C=N–C) groups is 1. The fraction of sp³-hybridized carbons (Fsp3) is 0.167. The number of hydrogen-bond acceptors (Lipinski definition) is 6. The predicted molar refractivity (Wildman–Crippen MR) is 97.3 cm³/mol. The molecule has 0 aliphatic carbocycles. The Morgan fingerprint density at radius 3 is 2.77 bits per heavy atom. The molecule has 0 bridgehead atoms. The fourth-order valence-corrected chi connectivity index (χ4v) is 2.93. The Balaban J connectivity index is 1.65. The molecule has 26 heavy (non-hydrogen) atoms. The minimum Gasteiger partial charge on any atom is -0.493 e. The van der Waals surface area contributed by atoms with Crippen molar-refractivity contribution >= 4 is 28.9 Å². The van der Waals surface area contributed by atoms with E-state index < -0.39 is 5.97 Å². The largest absolute Gasteiger partial charge is 0.493 e. The van der Waals surface area contributed by atoms with Crippen LogP contribution in [0.15, 0.2) is 53.5 Å². The minimum atomic E-state index is -0.888. The topological polar surface area (TPSA) is 115 Å².